The molecule has 0 nitrogen and oxygen atoms in total. The van der Waals surface area contributed by atoms with E-state index < -0.39 is 0 Å². The van der Waals surface area contributed by atoms with Crippen LogP contribution in [0.3, 0.4) is 0 Å². The fourth-order valence-corrected chi connectivity index (χ4v) is 0. The second-order valence-corrected chi connectivity index (χ2v) is 3.06. The Morgan fingerprint density at radius 1 is 1.22 bits per heavy atom. The Morgan fingerprint density at radius 2 is 1.22 bits per heavy atom. The van der Waals surface area contributed by atoms with Crippen LogP contribution in [0.25, 0.3) is 0 Å². The minimum Gasteiger partial charge on any atom is -0.344 e. The van der Waals surface area contributed by atoms with Crippen molar-refractivity contribution in [3.63, 3.8) is 0 Å². The van der Waals surface area contributed by atoms with Crippen molar-refractivity contribution in [2.24, 2.45) is 5.41 Å². The topological polar surface area (TPSA) is 0 Å². The van der Waals surface area contributed by atoms with Crippen molar-refractivity contribution in [1.82, 2.24) is 0 Å². The Hall–Kier alpha value is 0.766. The maximum absolute atomic E-state index is 3.77. The third kappa shape index (κ3) is 684. The van der Waals surface area contributed by atoms with Crippen LogP contribution in [0.2, 0.25) is 0 Å². The molecule has 0 aliphatic heterocycles. The Morgan fingerprint density at radius 3 is 1.22 bits per heavy atom. The van der Waals surface area contributed by atoms with Gasteiger partial charge < -0.3 is 13.8 Å². The van der Waals surface area contributed by atoms with Crippen LogP contribution in [0, 0.1) is 19.3 Å². The minimum atomic E-state index is 0. The molecule has 0 spiro atoms. The SMILES string of the molecule is [CH2-]C(C)(C)C.[CH2-]CC.[Mg+2]. The molecular weight excluding hydrogens is 120 g/mol. The van der Waals surface area contributed by atoms with Gasteiger partial charge in [-0.25, -0.2) is 0 Å². The Kier molecular flexibility index (Phi) is 16.0. The quantitative estimate of drug-likeness (QED) is 0.357. The molecule has 0 aliphatic carbocycles. The maximum Gasteiger partial charge on any atom is 2.00 e. The van der Waals surface area contributed by atoms with E-state index in [4.69, 9.17) is 0 Å². The summed E-state index contributed by atoms with van der Waals surface area (Å²) in [5, 5.41) is 0. The van der Waals surface area contributed by atoms with Crippen LogP contribution in [-0.4, -0.2) is 23.1 Å². The molecule has 0 heterocycles. The van der Waals surface area contributed by atoms with Gasteiger partial charge in [-0.1, -0.05) is 27.7 Å². The van der Waals surface area contributed by atoms with Crippen molar-refractivity contribution < 1.29 is 0 Å². The first-order chi connectivity index (χ1) is 3.41. The molecule has 1 heteroatoms. The van der Waals surface area contributed by atoms with E-state index in [0.29, 0.717) is 0 Å². The average molecular weight is 139 g/mol. The van der Waals surface area contributed by atoms with Crippen molar-refractivity contribution >= 4 is 23.1 Å². The van der Waals surface area contributed by atoms with Crippen molar-refractivity contribution in [2.45, 2.75) is 34.1 Å². The van der Waals surface area contributed by atoms with Gasteiger partial charge in [0.2, 0.25) is 0 Å². The second-order valence-electron chi connectivity index (χ2n) is 3.06. The summed E-state index contributed by atoms with van der Waals surface area (Å²) in [6.45, 7) is 15.5. The first-order valence-corrected chi connectivity index (χ1v) is 3.06. The molecule has 0 saturated heterocycles. The number of rotatable bonds is 0. The van der Waals surface area contributed by atoms with Crippen LogP contribution < -0.4 is 0 Å². The van der Waals surface area contributed by atoms with Gasteiger partial charge in [-0.05, 0) is 0 Å². The van der Waals surface area contributed by atoms with E-state index >= 15 is 0 Å². The van der Waals surface area contributed by atoms with Crippen molar-refractivity contribution in [1.29, 1.82) is 0 Å². The zero-order valence-electron chi connectivity index (χ0n) is 7.33. The summed E-state index contributed by atoms with van der Waals surface area (Å²) in [4.78, 5) is 0. The molecule has 52 valence electrons. The summed E-state index contributed by atoms with van der Waals surface area (Å²) in [5.74, 6) is 0. The van der Waals surface area contributed by atoms with Gasteiger partial charge in [0.05, 0.1) is 0 Å². The van der Waals surface area contributed by atoms with Crippen LogP contribution in [0.15, 0.2) is 0 Å². The predicted octanol–water partition coefficient (Wildman–Crippen LogP) is 2.72. The molecule has 0 aliphatic rings. The molecule has 0 unspecified atom stereocenters. The first kappa shape index (κ1) is 16.4. The van der Waals surface area contributed by atoms with Crippen LogP contribution >= 0.6 is 0 Å². The van der Waals surface area contributed by atoms with Crippen LogP contribution in [0.5, 0.6) is 0 Å². The normalized spacial score (nSPS) is 8.67. The van der Waals surface area contributed by atoms with Gasteiger partial charge in [0.1, 0.15) is 0 Å². The standard InChI is InChI=1S/C5H11.C3H7.Mg/c1-5(2,3)4;1-3-2;/h1H2,2-4H3;1,3H2,2H3;/q2*-1;+2. The molecule has 0 aromatic rings. The first-order valence-electron chi connectivity index (χ1n) is 3.06. The molecule has 0 saturated carbocycles. The summed E-state index contributed by atoms with van der Waals surface area (Å²) < 4.78 is 0. The zero-order chi connectivity index (χ0) is 7.21. The summed E-state index contributed by atoms with van der Waals surface area (Å²) in [6.07, 6.45) is 1.00. The fraction of sp³-hybridized carbons (Fsp3) is 0.750. The maximum atomic E-state index is 3.77. The van der Waals surface area contributed by atoms with Crippen LogP contribution in [0.4, 0.5) is 0 Å². The van der Waals surface area contributed by atoms with E-state index in [1.165, 1.54) is 0 Å². The molecular formula is C8H18Mg. The van der Waals surface area contributed by atoms with Gasteiger partial charge in [-0.15, -0.1) is 0 Å². The predicted molar refractivity (Wildman–Crippen MR) is 46.2 cm³/mol. The van der Waals surface area contributed by atoms with E-state index in [2.05, 4.69) is 34.6 Å². The van der Waals surface area contributed by atoms with Gasteiger partial charge in [0.15, 0.2) is 0 Å². The molecule has 0 atom stereocenters. The Labute approximate surface area is 76.6 Å². The minimum absolute atomic E-state index is 0. The van der Waals surface area contributed by atoms with Gasteiger partial charge >= 0.3 is 23.1 Å². The smallest absolute Gasteiger partial charge is 0.344 e. The third-order valence-electron chi connectivity index (χ3n) is 0. The van der Waals surface area contributed by atoms with Gasteiger partial charge in [-0.2, -0.15) is 11.8 Å². The molecule has 0 rings (SSSR count). The Bertz CT molecular complexity index is 28.3. The number of hydrogen-bond acceptors (Lipinski definition) is 0. The monoisotopic (exact) mass is 138 g/mol. The zero-order valence-corrected chi connectivity index (χ0v) is 8.74. The van der Waals surface area contributed by atoms with Gasteiger partial charge in [0, 0.05) is 0 Å². The molecule has 0 radical (unpaired) electrons. The van der Waals surface area contributed by atoms with Crippen molar-refractivity contribution in [3.05, 3.63) is 13.8 Å². The molecule has 9 heavy (non-hydrogen) atoms. The molecule has 0 N–H and O–H groups in total. The largest absolute Gasteiger partial charge is 2.00 e. The average Bonchev–Trinajstić information content (AvgIpc) is 1.27. The van der Waals surface area contributed by atoms with E-state index in [-0.39, 0.29) is 28.5 Å². The van der Waals surface area contributed by atoms with Crippen molar-refractivity contribution in [2.75, 3.05) is 0 Å². The second kappa shape index (κ2) is 8.77. The summed E-state index contributed by atoms with van der Waals surface area (Å²) in [6, 6.07) is 0. The molecule has 0 amide bonds. The Balaban J connectivity index is -0.0000000800. The molecule has 0 aromatic carbocycles. The molecule has 0 bridgehead atoms. The van der Waals surface area contributed by atoms with Crippen LogP contribution in [0.1, 0.15) is 34.1 Å². The van der Waals surface area contributed by atoms with Gasteiger partial charge in [0.25, 0.3) is 0 Å². The fourth-order valence-electron chi connectivity index (χ4n) is 0. The van der Waals surface area contributed by atoms with Gasteiger partial charge in [-0.3, -0.25) is 0 Å². The summed E-state index contributed by atoms with van der Waals surface area (Å²) in [7, 11) is 0. The number of hydrogen-bond donors (Lipinski definition) is 0. The van der Waals surface area contributed by atoms with E-state index in [0.717, 1.165) is 6.42 Å². The van der Waals surface area contributed by atoms with Crippen LogP contribution in [-0.2, 0) is 0 Å². The van der Waals surface area contributed by atoms with E-state index in [9.17, 15) is 0 Å². The third-order valence-corrected chi connectivity index (χ3v) is 0. The van der Waals surface area contributed by atoms with E-state index in [1.807, 2.05) is 6.92 Å². The molecule has 0 fully saturated rings. The summed E-state index contributed by atoms with van der Waals surface area (Å²) >= 11 is 0. The van der Waals surface area contributed by atoms with E-state index in [1.54, 1.807) is 0 Å². The summed E-state index contributed by atoms with van der Waals surface area (Å²) in [5.41, 5.74) is 0.250. The molecule has 0 aromatic heterocycles. The van der Waals surface area contributed by atoms with Crippen molar-refractivity contribution in [3.8, 4) is 0 Å².